The van der Waals surface area contributed by atoms with E-state index in [2.05, 4.69) is 10.3 Å². The normalized spacial score (nSPS) is 19.4. The van der Waals surface area contributed by atoms with Crippen LogP contribution in [-0.4, -0.2) is 55.7 Å². The molecule has 5 rings (SSSR count). The van der Waals surface area contributed by atoms with Crippen molar-refractivity contribution in [1.82, 2.24) is 29.6 Å². The van der Waals surface area contributed by atoms with Gasteiger partial charge in [0.05, 0.1) is 36.0 Å². The lowest BCUT2D eigenvalue weighted by Gasteiger charge is -2.30. The Kier molecular flexibility index (Phi) is 7.86. The fourth-order valence-electron chi connectivity index (χ4n) is 5.18. The molecule has 4 aromatic rings. The van der Waals surface area contributed by atoms with E-state index in [1.165, 1.54) is 0 Å². The summed E-state index contributed by atoms with van der Waals surface area (Å²) >= 11 is 0. The number of nitrogens with zero attached hydrogens (tertiary/aromatic N) is 5. The van der Waals surface area contributed by atoms with E-state index >= 15 is 0 Å². The number of halogens is 3. The summed E-state index contributed by atoms with van der Waals surface area (Å²) in [6.07, 6.45) is 2.38. The quantitative estimate of drug-likeness (QED) is 0.304. The van der Waals surface area contributed by atoms with Crippen LogP contribution in [0.2, 0.25) is 0 Å². The lowest BCUT2D eigenvalue weighted by Crippen LogP contribution is -2.46. The van der Waals surface area contributed by atoms with Gasteiger partial charge in [-0.1, -0.05) is 6.42 Å². The monoisotopic (exact) mass is 558 g/mol. The van der Waals surface area contributed by atoms with Crippen LogP contribution in [0.1, 0.15) is 69.8 Å². The number of carbonyl (C=O) groups excluding carboxylic acids is 1. The van der Waals surface area contributed by atoms with Crippen molar-refractivity contribution in [3.05, 3.63) is 42.2 Å². The number of carbonyl (C=O) groups is 1. The number of hydrogen-bond acceptors (Lipinski definition) is 6. The van der Waals surface area contributed by atoms with Gasteiger partial charge >= 0.3 is 12.2 Å². The first kappa shape index (κ1) is 27.7. The topological polar surface area (TPSA) is 97.8 Å². The maximum absolute atomic E-state index is 13.4. The predicted molar refractivity (Wildman–Crippen MR) is 143 cm³/mol. The van der Waals surface area contributed by atoms with Gasteiger partial charge < -0.3 is 23.8 Å². The summed E-state index contributed by atoms with van der Waals surface area (Å²) in [4.78, 5) is 29.1. The number of ether oxygens (including phenoxy) is 1. The van der Waals surface area contributed by atoms with Crippen molar-refractivity contribution in [1.29, 1.82) is 0 Å². The van der Waals surface area contributed by atoms with E-state index in [1.54, 1.807) is 17.2 Å². The van der Waals surface area contributed by atoms with E-state index < -0.39 is 30.7 Å². The maximum atomic E-state index is 13.4. The Morgan fingerprint density at radius 2 is 1.98 bits per heavy atom. The number of furan rings is 1. The highest BCUT2D eigenvalue weighted by atomic mass is 19.4. The molecule has 1 aliphatic heterocycles. The molecule has 40 heavy (non-hydrogen) atoms. The van der Waals surface area contributed by atoms with Gasteiger partial charge in [-0.2, -0.15) is 13.2 Å². The van der Waals surface area contributed by atoms with Crippen molar-refractivity contribution in [3.63, 3.8) is 0 Å². The molecular formula is C28H33F3N6O3. The van der Waals surface area contributed by atoms with Gasteiger partial charge in [-0.05, 0) is 52.5 Å². The maximum Gasteiger partial charge on any atom is 0.389 e. The molecule has 2 amide bonds. The van der Waals surface area contributed by atoms with E-state index in [-0.39, 0.29) is 6.42 Å². The van der Waals surface area contributed by atoms with Crippen molar-refractivity contribution < 1.29 is 27.1 Å². The van der Waals surface area contributed by atoms with Crippen molar-refractivity contribution in [3.8, 4) is 17.1 Å². The van der Waals surface area contributed by atoms with Gasteiger partial charge in [0.2, 0.25) is 5.65 Å². The predicted octanol–water partition coefficient (Wildman–Crippen LogP) is 6.60. The highest BCUT2D eigenvalue weighted by Crippen LogP contribution is 2.34. The molecule has 1 N–H and O–H groups in total. The minimum atomic E-state index is -4.29. The van der Waals surface area contributed by atoms with Crippen molar-refractivity contribution in [2.45, 2.75) is 77.6 Å². The molecule has 4 bridgehead atoms. The third kappa shape index (κ3) is 6.00. The van der Waals surface area contributed by atoms with Gasteiger partial charge in [0.25, 0.3) is 5.88 Å². The molecule has 9 nitrogen and oxygen atoms in total. The summed E-state index contributed by atoms with van der Waals surface area (Å²) < 4.78 is 52.9. The Labute approximate surface area is 229 Å². The number of nitrogens with one attached hydrogen (secondary N) is 1. The largest absolute Gasteiger partial charge is 0.475 e. The summed E-state index contributed by atoms with van der Waals surface area (Å²) in [5.41, 5.74) is 4.43. The number of aryl methyl sites for hydroxylation is 1. The van der Waals surface area contributed by atoms with Crippen LogP contribution in [0.5, 0.6) is 5.88 Å². The number of rotatable bonds is 3. The van der Waals surface area contributed by atoms with Gasteiger partial charge in [-0.15, -0.1) is 0 Å². The average molecular weight is 559 g/mol. The van der Waals surface area contributed by atoms with Gasteiger partial charge in [-0.3, -0.25) is 0 Å². The Morgan fingerprint density at radius 3 is 2.75 bits per heavy atom. The zero-order valence-electron chi connectivity index (χ0n) is 22.8. The van der Waals surface area contributed by atoms with E-state index in [1.807, 2.05) is 43.6 Å². The Balaban J connectivity index is 1.57. The first-order valence-corrected chi connectivity index (χ1v) is 13.6. The van der Waals surface area contributed by atoms with Gasteiger partial charge in [0.15, 0.2) is 5.58 Å². The fraction of sp³-hybridized carbons (Fsp3) is 0.500. The number of fused-ring (bicyclic) bond motifs is 9. The SMILES string of the molecule is CCN1C(=O)N[C@@H](CCC(F)(F)F)CCCCCOc2nc(cn3cc(C)nc23)-c2cc(nc3ccoc23)C1C. The van der Waals surface area contributed by atoms with Crippen LogP contribution in [0.25, 0.3) is 28.0 Å². The molecule has 5 heterocycles. The molecule has 0 aliphatic carbocycles. The van der Waals surface area contributed by atoms with Crippen molar-refractivity contribution >= 4 is 22.8 Å². The number of alkyl halides is 3. The van der Waals surface area contributed by atoms with Crippen LogP contribution < -0.4 is 10.1 Å². The van der Waals surface area contributed by atoms with E-state index in [4.69, 9.17) is 19.1 Å². The summed E-state index contributed by atoms with van der Waals surface area (Å²) in [5.74, 6) is 0.385. The van der Waals surface area contributed by atoms with Crippen LogP contribution in [-0.2, 0) is 0 Å². The minimum Gasteiger partial charge on any atom is -0.475 e. The highest BCUT2D eigenvalue weighted by Gasteiger charge is 2.30. The molecule has 0 saturated carbocycles. The van der Waals surface area contributed by atoms with Gasteiger partial charge in [-0.25, -0.2) is 19.7 Å². The van der Waals surface area contributed by atoms with Crippen LogP contribution in [0.15, 0.2) is 35.2 Å². The Bertz CT molecular complexity index is 1500. The van der Waals surface area contributed by atoms with Gasteiger partial charge in [0, 0.05) is 43.0 Å². The van der Waals surface area contributed by atoms with E-state index in [9.17, 15) is 18.0 Å². The molecule has 0 fully saturated rings. The minimum absolute atomic E-state index is 0.173. The first-order chi connectivity index (χ1) is 19.1. The molecule has 2 atom stereocenters. The standard InChI is InChI=1S/C28H33F3N6O3/c1-4-37-18(3)22-14-20(24-21(34-22)10-13-39-24)23-16-36-15-17(2)32-25(36)26(35-23)40-12-7-5-6-8-19(33-27(37)38)9-11-28(29,30)31/h10,13-16,18-19H,4-9,11-12H2,1-3H3,(H,33,38)/t18?,19-/m1/s1. The number of pyridine rings is 1. The molecule has 1 aliphatic rings. The fourth-order valence-corrected chi connectivity index (χ4v) is 5.18. The molecule has 214 valence electrons. The zero-order chi connectivity index (χ0) is 28.4. The lowest BCUT2D eigenvalue weighted by molar-refractivity contribution is -0.136. The van der Waals surface area contributed by atoms with Crippen LogP contribution in [0.3, 0.4) is 0 Å². The number of amides is 2. The lowest BCUT2D eigenvalue weighted by atomic mass is 10.0. The average Bonchev–Trinajstić information content (AvgIpc) is 3.53. The van der Waals surface area contributed by atoms with E-state index in [0.29, 0.717) is 72.0 Å². The Hall–Kier alpha value is -3.83. The van der Waals surface area contributed by atoms with Crippen molar-refractivity contribution in [2.24, 2.45) is 0 Å². The second-order valence-electron chi connectivity index (χ2n) is 10.2. The Morgan fingerprint density at radius 1 is 1.15 bits per heavy atom. The molecule has 0 saturated heterocycles. The molecule has 0 spiro atoms. The third-order valence-electron chi connectivity index (χ3n) is 7.27. The molecule has 0 radical (unpaired) electrons. The summed E-state index contributed by atoms with van der Waals surface area (Å²) in [6, 6.07) is 2.10. The molecular weight excluding hydrogens is 525 g/mol. The number of urea groups is 1. The number of aromatic nitrogens is 4. The molecule has 1 unspecified atom stereocenters. The van der Waals surface area contributed by atoms with E-state index in [0.717, 1.165) is 12.1 Å². The van der Waals surface area contributed by atoms with Crippen LogP contribution >= 0.6 is 0 Å². The van der Waals surface area contributed by atoms with Crippen LogP contribution in [0, 0.1) is 6.92 Å². The third-order valence-corrected chi connectivity index (χ3v) is 7.27. The molecule has 4 aromatic heterocycles. The van der Waals surface area contributed by atoms with Crippen LogP contribution in [0.4, 0.5) is 18.0 Å². The summed E-state index contributed by atoms with van der Waals surface area (Å²) in [7, 11) is 0. The first-order valence-electron chi connectivity index (χ1n) is 13.6. The number of imidazole rings is 1. The summed E-state index contributed by atoms with van der Waals surface area (Å²) in [6.45, 7) is 6.29. The molecule has 0 aromatic carbocycles. The number of hydrogen-bond donors (Lipinski definition) is 1. The zero-order valence-corrected chi connectivity index (χ0v) is 22.8. The summed E-state index contributed by atoms with van der Waals surface area (Å²) in [5, 5.41) is 2.87. The highest BCUT2D eigenvalue weighted by molar-refractivity contribution is 5.89. The van der Waals surface area contributed by atoms with Gasteiger partial charge in [0.1, 0.15) is 5.52 Å². The smallest absolute Gasteiger partial charge is 0.389 e. The second-order valence-corrected chi connectivity index (χ2v) is 10.2. The molecule has 12 heteroatoms. The van der Waals surface area contributed by atoms with Crippen molar-refractivity contribution in [2.75, 3.05) is 13.2 Å². The second kappa shape index (κ2) is 11.3.